The highest BCUT2D eigenvalue weighted by molar-refractivity contribution is 5.98. The summed E-state index contributed by atoms with van der Waals surface area (Å²) in [5, 5.41) is 4.95. The van der Waals surface area contributed by atoms with Crippen LogP contribution in [0.2, 0.25) is 0 Å². The third-order valence-electron chi connectivity index (χ3n) is 3.36. The van der Waals surface area contributed by atoms with E-state index < -0.39 is 0 Å². The molecule has 3 rings (SSSR count). The predicted molar refractivity (Wildman–Crippen MR) is 80.7 cm³/mol. The molecule has 0 heterocycles. The Kier molecular flexibility index (Phi) is 3.37. The molecular weight excluding hydrogens is 232 g/mol. The number of hydrogen-bond acceptors (Lipinski definition) is 1. The molecule has 0 amide bonds. The summed E-state index contributed by atoms with van der Waals surface area (Å²) in [6.07, 6.45) is 2.24. The van der Waals surface area contributed by atoms with Crippen molar-refractivity contribution in [2.24, 2.45) is 0 Å². The molecule has 0 aliphatic rings. The van der Waals surface area contributed by atoms with E-state index in [0.29, 0.717) is 0 Å². The van der Waals surface area contributed by atoms with Crippen LogP contribution in [0.5, 0.6) is 5.75 Å². The van der Waals surface area contributed by atoms with E-state index in [4.69, 9.17) is 4.74 Å². The fraction of sp³-hybridized carbons (Fsp3) is 0.222. The largest absolute Gasteiger partial charge is 0.493 e. The van der Waals surface area contributed by atoms with Gasteiger partial charge in [-0.1, -0.05) is 37.6 Å². The first kappa shape index (κ1) is 12.0. The van der Waals surface area contributed by atoms with Gasteiger partial charge in [0.1, 0.15) is 5.75 Å². The van der Waals surface area contributed by atoms with Gasteiger partial charge in [-0.15, -0.1) is 0 Å². The van der Waals surface area contributed by atoms with E-state index in [-0.39, 0.29) is 0 Å². The van der Waals surface area contributed by atoms with Crippen LogP contribution in [0.1, 0.15) is 19.8 Å². The second kappa shape index (κ2) is 5.31. The zero-order valence-corrected chi connectivity index (χ0v) is 11.1. The fourth-order valence-electron chi connectivity index (χ4n) is 2.27. The van der Waals surface area contributed by atoms with Crippen molar-refractivity contribution in [2.75, 3.05) is 6.61 Å². The first-order valence-corrected chi connectivity index (χ1v) is 6.84. The molecule has 0 saturated carbocycles. The van der Waals surface area contributed by atoms with Gasteiger partial charge in [-0.25, -0.2) is 0 Å². The van der Waals surface area contributed by atoms with Crippen molar-refractivity contribution in [1.29, 1.82) is 0 Å². The summed E-state index contributed by atoms with van der Waals surface area (Å²) in [5.41, 5.74) is 0. The number of hydrogen-bond donors (Lipinski definition) is 0. The summed E-state index contributed by atoms with van der Waals surface area (Å²) < 4.78 is 5.71. The zero-order valence-electron chi connectivity index (χ0n) is 11.1. The highest BCUT2D eigenvalue weighted by Crippen LogP contribution is 2.25. The van der Waals surface area contributed by atoms with Gasteiger partial charge >= 0.3 is 0 Å². The molecule has 1 radical (unpaired) electrons. The van der Waals surface area contributed by atoms with Crippen molar-refractivity contribution in [3.63, 3.8) is 0 Å². The summed E-state index contributed by atoms with van der Waals surface area (Å²) >= 11 is 0. The van der Waals surface area contributed by atoms with Crippen molar-refractivity contribution >= 4 is 21.5 Å². The minimum atomic E-state index is 0.770. The fourth-order valence-corrected chi connectivity index (χ4v) is 2.27. The SMILES string of the molecule is CCCCOc1[c]cc2cc3ccccc3cc2c1. The molecule has 0 bridgehead atoms. The Balaban J connectivity index is 1.99. The predicted octanol–water partition coefficient (Wildman–Crippen LogP) is 4.97. The van der Waals surface area contributed by atoms with Gasteiger partial charge in [-0.05, 0) is 52.2 Å². The molecule has 1 nitrogen and oxygen atoms in total. The molecule has 3 aromatic rings. The minimum absolute atomic E-state index is 0.770. The molecule has 0 saturated heterocycles. The number of fused-ring (bicyclic) bond motifs is 2. The lowest BCUT2D eigenvalue weighted by molar-refractivity contribution is 0.309. The molecule has 0 spiro atoms. The zero-order chi connectivity index (χ0) is 13.1. The van der Waals surface area contributed by atoms with E-state index in [1.54, 1.807) is 0 Å². The number of ether oxygens (including phenoxy) is 1. The van der Waals surface area contributed by atoms with E-state index >= 15 is 0 Å². The lowest BCUT2D eigenvalue weighted by atomic mass is 10.0. The lowest BCUT2D eigenvalue weighted by Gasteiger charge is -2.07. The molecule has 0 N–H and O–H groups in total. The van der Waals surface area contributed by atoms with E-state index in [1.165, 1.54) is 21.5 Å². The molecule has 0 unspecified atom stereocenters. The van der Waals surface area contributed by atoms with Crippen LogP contribution in [0.4, 0.5) is 0 Å². The van der Waals surface area contributed by atoms with Crippen LogP contribution < -0.4 is 4.74 Å². The molecule has 0 aliphatic carbocycles. The molecule has 95 valence electrons. The highest BCUT2D eigenvalue weighted by atomic mass is 16.5. The second-order valence-electron chi connectivity index (χ2n) is 4.83. The van der Waals surface area contributed by atoms with Crippen molar-refractivity contribution in [3.8, 4) is 5.75 Å². The molecule has 0 aliphatic heterocycles. The van der Waals surface area contributed by atoms with Gasteiger partial charge in [0, 0.05) is 6.07 Å². The maximum atomic E-state index is 5.71. The number of rotatable bonds is 4. The Hall–Kier alpha value is -2.02. The third kappa shape index (κ3) is 2.55. The normalized spacial score (nSPS) is 11.0. The molecule has 0 atom stereocenters. The summed E-state index contributed by atoms with van der Waals surface area (Å²) in [5.74, 6) is 0.844. The van der Waals surface area contributed by atoms with Gasteiger partial charge in [0.15, 0.2) is 0 Å². The third-order valence-corrected chi connectivity index (χ3v) is 3.36. The molecule has 3 aromatic carbocycles. The van der Waals surface area contributed by atoms with Gasteiger partial charge in [-0.2, -0.15) is 0 Å². The van der Waals surface area contributed by atoms with E-state index in [9.17, 15) is 0 Å². The van der Waals surface area contributed by atoms with Gasteiger partial charge < -0.3 is 4.74 Å². The quantitative estimate of drug-likeness (QED) is 0.468. The van der Waals surface area contributed by atoms with E-state index in [1.807, 2.05) is 6.07 Å². The van der Waals surface area contributed by atoms with Gasteiger partial charge in [0.2, 0.25) is 0 Å². The summed E-state index contributed by atoms with van der Waals surface area (Å²) in [6, 6.07) is 20.2. The smallest absolute Gasteiger partial charge is 0.127 e. The van der Waals surface area contributed by atoms with Crippen molar-refractivity contribution in [3.05, 3.63) is 54.6 Å². The Morgan fingerprint density at radius 1 is 0.947 bits per heavy atom. The molecule has 0 fully saturated rings. The summed E-state index contributed by atoms with van der Waals surface area (Å²) in [7, 11) is 0. The first-order chi connectivity index (χ1) is 9.36. The van der Waals surface area contributed by atoms with Crippen LogP contribution in [0.15, 0.2) is 48.5 Å². The molecule has 0 aromatic heterocycles. The number of unbranched alkanes of at least 4 members (excludes halogenated alkanes) is 1. The first-order valence-electron chi connectivity index (χ1n) is 6.84. The average Bonchev–Trinajstić information content (AvgIpc) is 2.45. The summed E-state index contributed by atoms with van der Waals surface area (Å²) in [4.78, 5) is 0. The molecule has 19 heavy (non-hydrogen) atoms. The monoisotopic (exact) mass is 249 g/mol. The molecule has 1 heteroatoms. The highest BCUT2D eigenvalue weighted by Gasteiger charge is 2.00. The Bertz CT molecular complexity index is 700. The Labute approximate surface area is 113 Å². The second-order valence-corrected chi connectivity index (χ2v) is 4.83. The van der Waals surface area contributed by atoms with Crippen LogP contribution >= 0.6 is 0 Å². The maximum absolute atomic E-state index is 5.71. The van der Waals surface area contributed by atoms with E-state index in [2.05, 4.69) is 55.5 Å². The van der Waals surface area contributed by atoms with Crippen molar-refractivity contribution in [1.82, 2.24) is 0 Å². The van der Waals surface area contributed by atoms with Crippen LogP contribution in [0, 0.1) is 6.07 Å². The topological polar surface area (TPSA) is 9.23 Å². The number of benzene rings is 3. The Morgan fingerprint density at radius 2 is 1.68 bits per heavy atom. The van der Waals surface area contributed by atoms with Gasteiger partial charge in [-0.3, -0.25) is 0 Å². The Morgan fingerprint density at radius 3 is 2.42 bits per heavy atom. The van der Waals surface area contributed by atoms with Crippen LogP contribution in [-0.4, -0.2) is 6.61 Å². The lowest BCUT2D eigenvalue weighted by Crippen LogP contribution is -1.96. The van der Waals surface area contributed by atoms with Crippen molar-refractivity contribution < 1.29 is 4.74 Å². The average molecular weight is 249 g/mol. The van der Waals surface area contributed by atoms with Crippen molar-refractivity contribution in [2.45, 2.75) is 19.8 Å². The molecular formula is C18H17O. The summed E-state index contributed by atoms with van der Waals surface area (Å²) in [6.45, 7) is 2.94. The maximum Gasteiger partial charge on any atom is 0.127 e. The standard InChI is InChI=1S/C18H17O/c1-2-3-10-19-18-9-8-16-11-14-6-4-5-7-15(14)12-17(16)13-18/h4-8,11-13H,2-3,10H2,1H3. The van der Waals surface area contributed by atoms with Gasteiger partial charge in [0.25, 0.3) is 0 Å². The van der Waals surface area contributed by atoms with E-state index in [0.717, 1.165) is 25.2 Å². The van der Waals surface area contributed by atoms with Crippen LogP contribution in [0.3, 0.4) is 0 Å². The van der Waals surface area contributed by atoms with Crippen LogP contribution in [-0.2, 0) is 0 Å². The van der Waals surface area contributed by atoms with Gasteiger partial charge in [0.05, 0.1) is 6.61 Å². The minimum Gasteiger partial charge on any atom is -0.493 e. The van der Waals surface area contributed by atoms with Crippen LogP contribution in [0.25, 0.3) is 21.5 Å².